The average Bonchev–Trinajstić information content (AvgIpc) is 2.50. The van der Waals surface area contributed by atoms with E-state index in [0.29, 0.717) is 12.4 Å². The summed E-state index contributed by atoms with van der Waals surface area (Å²) in [4.78, 5) is 8.71. The zero-order chi connectivity index (χ0) is 15.5. The molecule has 1 aromatic heterocycles. The van der Waals surface area contributed by atoms with Gasteiger partial charge in [0.1, 0.15) is 17.5 Å². The van der Waals surface area contributed by atoms with Gasteiger partial charge in [0.05, 0.1) is 11.2 Å². The number of rotatable bonds is 4. The van der Waals surface area contributed by atoms with Gasteiger partial charge in [-0.05, 0) is 31.2 Å². The zero-order valence-corrected chi connectivity index (χ0v) is 11.9. The minimum Gasteiger partial charge on any atom is -0.370 e. The summed E-state index contributed by atoms with van der Waals surface area (Å²) < 4.78 is 26.7. The number of nitrogens with one attached hydrogen (secondary N) is 2. The van der Waals surface area contributed by atoms with Crippen LogP contribution in [0.3, 0.4) is 0 Å². The number of para-hydroxylation sites is 1. The van der Waals surface area contributed by atoms with Gasteiger partial charge in [-0.2, -0.15) is 4.98 Å². The van der Waals surface area contributed by atoms with Crippen LogP contribution < -0.4 is 10.6 Å². The Morgan fingerprint density at radius 3 is 2.64 bits per heavy atom. The number of aromatic nitrogens is 2. The van der Waals surface area contributed by atoms with Crippen molar-refractivity contribution >= 4 is 28.4 Å². The summed E-state index contributed by atoms with van der Waals surface area (Å²) in [6.07, 6.45) is 0. The van der Waals surface area contributed by atoms with Gasteiger partial charge in [0, 0.05) is 18.0 Å². The molecule has 3 rings (SSSR count). The van der Waals surface area contributed by atoms with Gasteiger partial charge < -0.3 is 10.6 Å². The van der Waals surface area contributed by atoms with Crippen LogP contribution in [0.15, 0.2) is 42.5 Å². The maximum Gasteiger partial charge on any atom is 0.229 e. The largest absolute Gasteiger partial charge is 0.370 e. The topological polar surface area (TPSA) is 49.8 Å². The Bertz CT molecular complexity index is 820. The summed E-state index contributed by atoms with van der Waals surface area (Å²) >= 11 is 0. The van der Waals surface area contributed by atoms with E-state index < -0.39 is 11.6 Å². The van der Waals surface area contributed by atoms with Crippen LogP contribution in [0.4, 0.5) is 26.2 Å². The predicted molar refractivity (Wildman–Crippen MR) is 83.3 cm³/mol. The number of nitrogens with zero attached hydrogens (tertiary/aromatic N) is 2. The number of fused-ring (bicyclic) bond motifs is 1. The van der Waals surface area contributed by atoms with Crippen LogP contribution in [-0.2, 0) is 0 Å². The molecule has 4 nitrogen and oxygen atoms in total. The van der Waals surface area contributed by atoms with E-state index in [-0.39, 0.29) is 11.6 Å². The van der Waals surface area contributed by atoms with Gasteiger partial charge in [0.25, 0.3) is 0 Å². The van der Waals surface area contributed by atoms with Crippen LogP contribution >= 0.6 is 0 Å². The lowest BCUT2D eigenvalue weighted by molar-refractivity contribution is 0.586. The third-order valence-electron chi connectivity index (χ3n) is 3.13. The molecule has 112 valence electrons. The summed E-state index contributed by atoms with van der Waals surface area (Å²) in [6, 6.07) is 10.8. The van der Waals surface area contributed by atoms with E-state index in [4.69, 9.17) is 0 Å². The third kappa shape index (κ3) is 2.81. The fourth-order valence-corrected chi connectivity index (χ4v) is 2.15. The lowest BCUT2D eigenvalue weighted by Gasteiger charge is -2.11. The molecular weight excluding hydrogens is 286 g/mol. The molecular formula is C16H14F2N4. The molecule has 0 atom stereocenters. The van der Waals surface area contributed by atoms with Crippen molar-refractivity contribution in [3.05, 3.63) is 54.1 Å². The minimum absolute atomic E-state index is 0.124. The standard InChI is InChI=1S/C16H14F2N4/c1-2-19-15-11-5-3-4-6-13(11)20-16(22-15)21-14-8-7-10(17)9-12(14)18/h3-9H,2H2,1H3,(H2,19,20,21,22). The van der Waals surface area contributed by atoms with Crippen molar-refractivity contribution in [2.24, 2.45) is 0 Å². The minimum atomic E-state index is -0.693. The molecule has 0 unspecified atom stereocenters. The maximum atomic E-state index is 13.7. The van der Waals surface area contributed by atoms with Gasteiger partial charge in [0.15, 0.2) is 0 Å². The molecule has 0 fully saturated rings. The number of hydrogen-bond acceptors (Lipinski definition) is 4. The van der Waals surface area contributed by atoms with Crippen LogP contribution in [0.25, 0.3) is 10.9 Å². The van der Waals surface area contributed by atoms with E-state index >= 15 is 0 Å². The highest BCUT2D eigenvalue weighted by atomic mass is 19.1. The number of halogens is 2. The molecule has 0 aliphatic rings. The van der Waals surface area contributed by atoms with Gasteiger partial charge in [-0.15, -0.1) is 0 Å². The van der Waals surface area contributed by atoms with Crippen molar-refractivity contribution in [3.63, 3.8) is 0 Å². The fourth-order valence-electron chi connectivity index (χ4n) is 2.15. The van der Waals surface area contributed by atoms with E-state index in [0.717, 1.165) is 17.0 Å². The predicted octanol–water partition coefficient (Wildman–Crippen LogP) is 4.08. The Labute approximate surface area is 126 Å². The summed E-state index contributed by atoms with van der Waals surface area (Å²) in [5.41, 5.74) is 0.859. The van der Waals surface area contributed by atoms with Crippen LogP contribution in [0, 0.1) is 11.6 Å². The van der Waals surface area contributed by atoms with Crippen LogP contribution in [0.2, 0.25) is 0 Å². The van der Waals surface area contributed by atoms with Gasteiger partial charge >= 0.3 is 0 Å². The maximum absolute atomic E-state index is 13.7. The second-order valence-corrected chi connectivity index (χ2v) is 4.69. The second-order valence-electron chi connectivity index (χ2n) is 4.69. The Morgan fingerprint density at radius 1 is 1.05 bits per heavy atom. The van der Waals surface area contributed by atoms with Gasteiger partial charge in [0.2, 0.25) is 5.95 Å². The SMILES string of the molecule is CCNc1nc(Nc2ccc(F)cc2F)nc2ccccc12. The number of hydrogen-bond donors (Lipinski definition) is 2. The van der Waals surface area contributed by atoms with Crippen LogP contribution in [0.1, 0.15) is 6.92 Å². The summed E-state index contributed by atoms with van der Waals surface area (Å²) in [7, 11) is 0. The Hall–Kier alpha value is -2.76. The highest BCUT2D eigenvalue weighted by Gasteiger charge is 2.09. The van der Waals surface area contributed by atoms with Crippen LogP contribution in [0.5, 0.6) is 0 Å². The Balaban J connectivity index is 2.03. The normalized spacial score (nSPS) is 10.7. The van der Waals surface area contributed by atoms with Gasteiger partial charge in [-0.1, -0.05) is 12.1 Å². The first kappa shape index (κ1) is 14.2. The molecule has 0 radical (unpaired) electrons. The molecule has 2 N–H and O–H groups in total. The molecule has 0 aliphatic carbocycles. The molecule has 0 saturated heterocycles. The van der Waals surface area contributed by atoms with E-state index in [1.54, 1.807) is 0 Å². The number of anilines is 3. The molecule has 0 amide bonds. The van der Waals surface area contributed by atoms with E-state index in [1.165, 1.54) is 12.1 Å². The zero-order valence-electron chi connectivity index (χ0n) is 11.9. The summed E-state index contributed by atoms with van der Waals surface area (Å²) in [5.74, 6) is -0.407. The highest BCUT2D eigenvalue weighted by molar-refractivity contribution is 5.90. The monoisotopic (exact) mass is 300 g/mol. The quantitative estimate of drug-likeness (QED) is 0.762. The van der Waals surface area contributed by atoms with Crippen molar-refractivity contribution in [1.29, 1.82) is 0 Å². The second kappa shape index (κ2) is 5.93. The lowest BCUT2D eigenvalue weighted by atomic mass is 10.2. The molecule has 2 aromatic carbocycles. The van der Waals surface area contributed by atoms with Gasteiger partial charge in [-0.25, -0.2) is 13.8 Å². The smallest absolute Gasteiger partial charge is 0.229 e. The third-order valence-corrected chi connectivity index (χ3v) is 3.13. The van der Waals surface area contributed by atoms with Crippen molar-refractivity contribution in [2.45, 2.75) is 6.92 Å². The molecule has 0 bridgehead atoms. The first-order valence-corrected chi connectivity index (χ1v) is 6.90. The molecule has 3 aromatic rings. The molecule has 0 aliphatic heterocycles. The fraction of sp³-hybridized carbons (Fsp3) is 0.125. The van der Waals surface area contributed by atoms with E-state index in [2.05, 4.69) is 20.6 Å². The molecule has 1 heterocycles. The number of benzene rings is 2. The van der Waals surface area contributed by atoms with E-state index in [9.17, 15) is 8.78 Å². The first-order chi connectivity index (χ1) is 10.7. The molecule has 0 saturated carbocycles. The first-order valence-electron chi connectivity index (χ1n) is 6.90. The average molecular weight is 300 g/mol. The van der Waals surface area contributed by atoms with Gasteiger partial charge in [-0.3, -0.25) is 0 Å². The molecule has 0 spiro atoms. The van der Waals surface area contributed by atoms with Crippen molar-refractivity contribution in [2.75, 3.05) is 17.2 Å². The van der Waals surface area contributed by atoms with Crippen molar-refractivity contribution < 1.29 is 8.78 Å². The lowest BCUT2D eigenvalue weighted by Crippen LogP contribution is -2.05. The molecule has 22 heavy (non-hydrogen) atoms. The van der Waals surface area contributed by atoms with Crippen molar-refractivity contribution in [1.82, 2.24) is 9.97 Å². The molecule has 6 heteroatoms. The van der Waals surface area contributed by atoms with Crippen molar-refractivity contribution in [3.8, 4) is 0 Å². The summed E-state index contributed by atoms with van der Waals surface area (Å²) in [6.45, 7) is 2.66. The Kier molecular flexibility index (Phi) is 3.82. The van der Waals surface area contributed by atoms with E-state index in [1.807, 2.05) is 31.2 Å². The highest BCUT2D eigenvalue weighted by Crippen LogP contribution is 2.24. The summed E-state index contributed by atoms with van der Waals surface area (Å²) in [5, 5.41) is 6.83. The van der Waals surface area contributed by atoms with Crippen LogP contribution in [-0.4, -0.2) is 16.5 Å². The Morgan fingerprint density at radius 2 is 1.86 bits per heavy atom.